The Hall–Kier alpha value is -2.12. The molecule has 1 unspecified atom stereocenters. The Balaban J connectivity index is 1.34. The standard InChI is InChI=1S/C20H28N2O5/c23-18(22-12-5-4-9-17(22)19-25-13-14-26-19)10-6-11-21-20(24)27-15-16-7-2-1-3-8-16/h1-3,7-8,17,19H,4-6,9-15H2,(H,21,24). The first kappa shape index (κ1) is 19.6. The SMILES string of the molecule is O=C(NCCCC(=O)N1CCCCC1C1OCCO1)OCc1ccccc1. The number of likely N-dealkylation sites (tertiary alicyclic amines) is 1. The van der Waals surface area contributed by atoms with Gasteiger partial charge in [-0.25, -0.2) is 4.79 Å². The molecule has 1 aromatic carbocycles. The number of ether oxygens (including phenoxy) is 3. The molecule has 2 aliphatic rings. The molecule has 0 saturated carbocycles. The Labute approximate surface area is 160 Å². The number of carbonyl (C=O) groups is 2. The van der Waals surface area contributed by atoms with Gasteiger partial charge in [-0.05, 0) is 31.2 Å². The second-order valence-corrected chi connectivity index (χ2v) is 6.85. The summed E-state index contributed by atoms with van der Waals surface area (Å²) in [5, 5.41) is 2.70. The summed E-state index contributed by atoms with van der Waals surface area (Å²) in [5.41, 5.74) is 0.940. The Kier molecular flexibility index (Phi) is 7.47. The van der Waals surface area contributed by atoms with Crippen LogP contribution < -0.4 is 5.32 Å². The van der Waals surface area contributed by atoms with Crippen molar-refractivity contribution in [2.75, 3.05) is 26.3 Å². The van der Waals surface area contributed by atoms with E-state index in [0.29, 0.717) is 32.6 Å². The Bertz CT molecular complexity index is 604. The lowest BCUT2D eigenvalue weighted by atomic mass is 10.0. The normalized spacial score (nSPS) is 20.4. The monoisotopic (exact) mass is 376 g/mol. The number of hydrogen-bond donors (Lipinski definition) is 1. The number of nitrogens with zero attached hydrogens (tertiary/aromatic N) is 1. The number of piperidine rings is 1. The predicted octanol–water partition coefficient (Wildman–Crippen LogP) is 2.45. The fraction of sp³-hybridized carbons (Fsp3) is 0.600. The number of benzene rings is 1. The van der Waals surface area contributed by atoms with Gasteiger partial charge in [-0.2, -0.15) is 0 Å². The van der Waals surface area contributed by atoms with Gasteiger partial charge in [-0.1, -0.05) is 30.3 Å². The predicted molar refractivity (Wildman–Crippen MR) is 98.9 cm³/mol. The third-order valence-electron chi connectivity index (χ3n) is 4.88. The molecule has 2 heterocycles. The summed E-state index contributed by atoms with van der Waals surface area (Å²) < 4.78 is 16.4. The lowest BCUT2D eigenvalue weighted by Gasteiger charge is -2.38. The highest BCUT2D eigenvalue weighted by Gasteiger charge is 2.35. The smallest absolute Gasteiger partial charge is 0.407 e. The Morgan fingerprint density at radius 3 is 2.70 bits per heavy atom. The van der Waals surface area contributed by atoms with Crippen LogP contribution >= 0.6 is 0 Å². The van der Waals surface area contributed by atoms with Gasteiger partial charge in [0.15, 0.2) is 6.29 Å². The van der Waals surface area contributed by atoms with E-state index in [9.17, 15) is 9.59 Å². The summed E-state index contributed by atoms with van der Waals surface area (Å²) in [6.45, 7) is 2.59. The van der Waals surface area contributed by atoms with Gasteiger partial charge >= 0.3 is 6.09 Å². The van der Waals surface area contributed by atoms with Crippen LogP contribution in [0.1, 0.15) is 37.7 Å². The zero-order valence-corrected chi connectivity index (χ0v) is 15.6. The van der Waals surface area contributed by atoms with Gasteiger partial charge in [0.2, 0.25) is 5.91 Å². The topological polar surface area (TPSA) is 77.1 Å². The third-order valence-corrected chi connectivity index (χ3v) is 4.88. The van der Waals surface area contributed by atoms with Gasteiger partial charge in [0.25, 0.3) is 0 Å². The molecular weight excluding hydrogens is 348 g/mol. The minimum Gasteiger partial charge on any atom is -0.445 e. The van der Waals surface area contributed by atoms with Crippen LogP contribution in [0.3, 0.4) is 0 Å². The van der Waals surface area contributed by atoms with Gasteiger partial charge in [0, 0.05) is 19.5 Å². The largest absolute Gasteiger partial charge is 0.445 e. The molecule has 1 N–H and O–H groups in total. The molecule has 0 aliphatic carbocycles. The summed E-state index contributed by atoms with van der Waals surface area (Å²) in [7, 11) is 0. The van der Waals surface area contributed by atoms with Crippen molar-refractivity contribution in [1.82, 2.24) is 10.2 Å². The molecule has 7 nitrogen and oxygen atoms in total. The van der Waals surface area contributed by atoms with E-state index < -0.39 is 6.09 Å². The highest BCUT2D eigenvalue weighted by molar-refractivity contribution is 5.76. The first-order chi connectivity index (χ1) is 13.2. The first-order valence-corrected chi connectivity index (χ1v) is 9.71. The van der Waals surface area contributed by atoms with Crippen LogP contribution in [0.5, 0.6) is 0 Å². The summed E-state index contributed by atoms with van der Waals surface area (Å²) >= 11 is 0. The summed E-state index contributed by atoms with van der Waals surface area (Å²) in [5.74, 6) is 0.0956. The number of amides is 2. The summed E-state index contributed by atoms with van der Waals surface area (Å²) in [6, 6.07) is 9.53. The number of alkyl carbamates (subject to hydrolysis) is 1. The number of nitrogens with one attached hydrogen (secondary N) is 1. The zero-order chi connectivity index (χ0) is 18.9. The highest BCUT2D eigenvalue weighted by atomic mass is 16.7. The molecular formula is C20H28N2O5. The molecule has 3 rings (SSSR count). The maximum atomic E-state index is 12.6. The van der Waals surface area contributed by atoms with Crippen molar-refractivity contribution in [2.45, 2.75) is 51.0 Å². The quantitative estimate of drug-likeness (QED) is 0.740. The van der Waals surface area contributed by atoms with Crippen LogP contribution in [0.15, 0.2) is 30.3 Å². The van der Waals surface area contributed by atoms with E-state index in [-0.39, 0.29) is 24.8 Å². The molecule has 2 amide bonds. The molecule has 1 aromatic rings. The van der Waals surface area contributed by atoms with E-state index in [1.807, 2.05) is 35.2 Å². The molecule has 27 heavy (non-hydrogen) atoms. The van der Waals surface area contributed by atoms with Crippen molar-refractivity contribution >= 4 is 12.0 Å². The molecule has 0 aromatic heterocycles. The molecule has 2 aliphatic heterocycles. The van der Waals surface area contributed by atoms with Crippen molar-refractivity contribution < 1.29 is 23.8 Å². The molecule has 0 spiro atoms. The maximum Gasteiger partial charge on any atom is 0.407 e. The molecule has 2 saturated heterocycles. The van der Waals surface area contributed by atoms with E-state index >= 15 is 0 Å². The van der Waals surface area contributed by atoms with E-state index in [1.165, 1.54) is 0 Å². The molecule has 1 atom stereocenters. The molecule has 2 fully saturated rings. The van der Waals surface area contributed by atoms with Crippen molar-refractivity contribution in [3.05, 3.63) is 35.9 Å². The minimum absolute atomic E-state index is 0.0116. The second-order valence-electron chi connectivity index (χ2n) is 6.85. The van der Waals surface area contributed by atoms with Gasteiger partial charge in [-0.3, -0.25) is 4.79 Å². The van der Waals surface area contributed by atoms with Crippen molar-refractivity contribution in [3.63, 3.8) is 0 Å². The van der Waals surface area contributed by atoms with E-state index in [2.05, 4.69) is 5.32 Å². The van der Waals surface area contributed by atoms with Gasteiger partial charge in [-0.15, -0.1) is 0 Å². The van der Waals surface area contributed by atoms with Crippen LogP contribution in [0.25, 0.3) is 0 Å². The fourth-order valence-corrected chi connectivity index (χ4v) is 3.50. The van der Waals surface area contributed by atoms with Crippen LogP contribution in [0.2, 0.25) is 0 Å². The van der Waals surface area contributed by atoms with Gasteiger partial charge in [0.1, 0.15) is 6.61 Å². The number of rotatable bonds is 7. The summed E-state index contributed by atoms with van der Waals surface area (Å²) in [4.78, 5) is 26.2. The fourth-order valence-electron chi connectivity index (χ4n) is 3.50. The molecule has 0 bridgehead atoms. The number of hydrogen-bond acceptors (Lipinski definition) is 5. The second kappa shape index (κ2) is 10.3. The maximum absolute atomic E-state index is 12.6. The van der Waals surface area contributed by atoms with E-state index in [0.717, 1.165) is 31.4 Å². The van der Waals surface area contributed by atoms with E-state index in [4.69, 9.17) is 14.2 Å². The zero-order valence-electron chi connectivity index (χ0n) is 15.6. The molecule has 148 valence electrons. The van der Waals surface area contributed by atoms with Crippen LogP contribution in [-0.2, 0) is 25.6 Å². The Morgan fingerprint density at radius 1 is 1.15 bits per heavy atom. The minimum atomic E-state index is -0.463. The number of carbonyl (C=O) groups excluding carboxylic acids is 2. The van der Waals surface area contributed by atoms with Gasteiger partial charge in [0.05, 0.1) is 19.3 Å². The molecule has 0 radical (unpaired) electrons. The first-order valence-electron chi connectivity index (χ1n) is 9.71. The molecule has 7 heteroatoms. The van der Waals surface area contributed by atoms with Crippen LogP contribution in [0, 0.1) is 0 Å². The van der Waals surface area contributed by atoms with Crippen LogP contribution in [0.4, 0.5) is 4.79 Å². The highest BCUT2D eigenvalue weighted by Crippen LogP contribution is 2.25. The van der Waals surface area contributed by atoms with Crippen LogP contribution in [-0.4, -0.2) is 55.5 Å². The Morgan fingerprint density at radius 2 is 1.93 bits per heavy atom. The lowest BCUT2D eigenvalue weighted by Crippen LogP contribution is -2.50. The van der Waals surface area contributed by atoms with Crippen molar-refractivity contribution in [2.24, 2.45) is 0 Å². The lowest BCUT2D eigenvalue weighted by molar-refractivity contribution is -0.150. The third kappa shape index (κ3) is 5.94. The average molecular weight is 376 g/mol. The summed E-state index contributed by atoms with van der Waals surface area (Å²) in [6.07, 6.45) is 3.23. The van der Waals surface area contributed by atoms with E-state index in [1.54, 1.807) is 0 Å². The van der Waals surface area contributed by atoms with Crippen molar-refractivity contribution in [1.29, 1.82) is 0 Å². The van der Waals surface area contributed by atoms with Gasteiger partial charge < -0.3 is 24.4 Å². The van der Waals surface area contributed by atoms with Crippen molar-refractivity contribution in [3.8, 4) is 0 Å². The average Bonchev–Trinajstić information content (AvgIpc) is 3.25.